The molecule has 5 rings (SSSR count). The van der Waals surface area contributed by atoms with E-state index in [4.69, 9.17) is 4.74 Å². The summed E-state index contributed by atoms with van der Waals surface area (Å²) in [6.45, 7) is 0. The third-order valence-corrected chi connectivity index (χ3v) is 6.44. The maximum atomic E-state index is 10.0. The Kier molecular flexibility index (Phi) is 5.48. The molecule has 1 aliphatic rings. The van der Waals surface area contributed by atoms with Gasteiger partial charge in [0.2, 0.25) is 11.0 Å². The summed E-state index contributed by atoms with van der Waals surface area (Å²) in [6.07, 6.45) is -0.576. The fourth-order valence-corrected chi connectivity index (χ4v) is 4.49. The second kappa shape index (κ2) is 8.56. The summed E-state index contributed by atoms with van der Waals surface area (Å²) >= 11 is 5.06. The normalized spacial score (nSPS) is 14.5. The zero-order valence-corrected chi connectivity index (χ0v) is 18.6. The van der Waals surface area contributed by atoms with Gasteiger partial charge < -0.3 is 15.2 Å². The lowest BCUT2D eigenvalue weighted by Crippen LogP contribution is -2.17. The number of rotatable bonds is 4. The average Bonchev–Trinajstić information content (AvgIpc) is 2.96. The molecular formula is C23H17BrN4O2S. The van der Waals surface area contributed by atoms with Crippen molar-refractivity contribution in [3.05, 3.63) is 88.4 Å². The molecule has 0 saturated carbocycles. The van der Waals surface area contributed by atoms with Gasteiger partial charge in [-0.25, -0.2) is 0 Å². The highest BCUT2D eigenvalue weighted by Crippen LogP contribution is 2.41. The smallest absolute Gasteiger partial charge is 0.247 e. The molecule has 154 valence electrons. The van der Waals surface area contributed by atoms with Gasteiger partial charge in [0.25, 0.3) is 0 Å². The minimum atomic E-state index is -0.576. The molecule has 8 heteroatoms. The molecule has 4 aromatic rings. The molecule has 0 aliphatic carbocycles. The summed E-state index contributed by atoms with van der Waals surface area (Å²) in [5.74, 6) is 1.28. The van der Waals surface area contributed by atoms with E-state index in [2.05, 4.69) is 48.6 Å². The Bertz CT molecular complexity index is 1240. The molecule has 1 atom stereocenters. The van der Waals surface area contributed by atoms with Gasteiger partial charge in [-0.15, -0.1) is 10.2 Å². The molecule has 6 nitrogen and oxygen atoms in total. The SMILES string of the molecule is Oc1ccc(Br)c([C@H]2Nc3ccccc3-c3nnc(SCc4ccccc4)nc3O2)c1. The van der Waals surface area contributed by atoms with Crippen LogP contribution in [-0.4, -0.2) is 20.3 Å². The summed E-state index contributed by atoms with van der Waals surface area (Å²) in [7, 11) is 0. The highest BCUT2D eigenvalue weighted by Gasteiger charge is 2.27. The van der Waals surface area contributed by atoms with Crippen molar-refractivity contribution in [3.63, 3.8) is 0 Å². The van der Waals surface area contributed by atoms with E-state index in [1.165, 1.54) is 17.3 Å². The molecule has 0 bridgehead atoms. The fraction of sp³-hybridized carbons (Fsp3) is 0.0870. The number of nitrogens with one attached hydrogen (secondary N) is 1. The van der Waals surface area contributed by atoms with Crippen molar-refractivity contribution in [1.82, 2.24) is 15.2 Å². The number of phenols is 1. The number of aromatic hydroxyl groups is 1. The minimum absolute atomic E-state index is 0.154. The van der Waals surface area contributed by atoms with E-state index in [9.17, 15) is 5.11 Å². The summed E-state index contributed by atoms with van der Waals surface area (Å²) in [4.78, 5) is 4.66. The Hall–Kier alpha value is -3.10. The number of hydrogen-bond acceptors (Lipinski definition) is 7. The first-order valence-electron chi connectivity index (χ1n) is 9.60. The lowest BCUT2D eigenvalue weighted by Gasteiger charge is -2.20. The molecule has 3 aromatic carbocycles. The lowest BCUT2D eigenvalue weighted by molar-refractivity contribution is 0.224. The number of phenolic OH excluding ortho intramolecular Hbond substituents is 1. The lowest BCUT2D eigenvalue weighted by atomic mass is 10.1. The van der Waals surface area contributed by atoms with Crippen LogP contribution in [0.5, 0.6) is 11.6 Å². The standard InChI is InChI=1S/C23H17BrN4O2S/c24-18-11-10-15(29)12-17(18)21-25-19-9-5-4-8-16(19)20-22(30-21)26-23(28-27-20)31-13-14-6-2-1-3-7-14/h1-12,21,25,29H,13H2/t21-/m0/s1. The molecule has 2 N–H and O–H groups in total. The van der Waals surface area contributed by atoms with Gasteiger partial charge in [-0.3, -0.25) is 0 Å². The van der Waals surface area contributed by atoms with E-state index in [0.717, 1.165) is 27.0 Å². The minimum Gasteiger partial charge on any atom is -0.508 e. The molecule has 0 unspecified atom stereocenters. The summed E-state index contributed by atoms with van der Waals surface area (Å²) in [5.41, 5.74) is 4.21. The number of aromatic nitrogens is 3. The van der Waals surface area contributed by atoms with Crippen LogP contribution < -0.4 is 10.1 Å². The van der Waals surface area contributed by atoms with Gasteiger partial charge in [0.1, 0.15) is 5.75 Å². The van der Waals surface area contributed by atoms with Crippen LogP contribution >= 0.6 is 27.7 Å². The van der Waals surface area contributed by atoms with Crippen molar-refractivity contribution in [3.8, 4) is 22.9 Å². The van der Waals surface area contributed by atoms with Crippen molar-refractivity contribution >= 4 is 33.4 Å². The topological polar surface area (TPSA) is 80.2 Å². The van der Waals surface area contributed by atoms with Crippen molar-refractivity contribution in [2.75, 3.05) is 5.32 Å². The first-order chi connectivity index (χ1) is 15.2. The van der Waals surface area contributed by atoms with E-state index in [-0.39, 0.29) is 5.75 Å². The zero-order chi connectivity index (χ0) is 21.2. The quantitative estimate of drug-likeness (QED) is 0.348. The number of para-hydroxylation sites is 1. The number of thioether (sulfide) groups is 1. The highest BCUT2D eigenvalue weighted by molar-refractivity contribution is 9.10. The monoisotopic (exact) mass is 492 g/mol. The van der Waals surface area contributed by atoms with Crippen molar-refractivity contribution in [2.45, 2.75) is 17.1 Å². The number of benzene rings is 3. The second-order valence-corrected chi connectivity index (χ2v) is 8.71. The summed E-state index contributed by atoms with van der Waals surface area (Å²) in [5, 5.41) is 22.7. The number of fused-ring (bicyclic) bond motifs is 3. The Morgan fingerprint density at radius 1 is 1.00 bits per heavy atom. The third-order valence-electron chi connectivity index (χ3n) is 4.81. The largest absolute Gasteiger partial charge is 0.508 e. The van der Waals surface area contributed by atoms with Crippen LogP contribution in [0.3, 0.4) is 0 Å². The van der Waals surface area contributed by atoms with Crippen LogP contribution in [-0.2, 0) is 5.75 Å². The third kappa shape index (κ3) is 4.22. The van der Waals surface area contributed by atoms with Crippen LogP contribution in [0.15, 0.2) is 82.4 Å². The number of ether oxygens (including phenoxy) is 1. The van der Waals surface area contributed by atoms with Gasteiger partial charge in [0.05, 0.1) is 0 Å². The van der Waals surface area contributed by atoms with E-state index in [0.29, 0.717) is 16.7 Å². The van der Waals surface area contributed by atoms with Gasteiger partial charge in [0, 0.05) is 27.0 Å². The van der Waals surface area contributed by atoms with Gasteiger partial charge in [-0.2, -0.15) is 4.98 Å². The Morgan fingerprint density at radius 3 is 2.68 bits per heavy atom. The van der Waals surface area contributed by atoms with Crippen LogP contribution in [0.25, 0.3) is 11.3 Å². The molecule has 0 amide bonds. The van der Waals surface area contributed by atoms with Crippen molar-refractivity contribution < 1.29 is 9.84 Å². The molecule has 0 spiro atoms. The maximum absolute atomic E-state index is 10.0. The first kappa shape index (κ1) is 19.8. The predicted molar refractivity (Wildman–Crippen MR) is 124 cm³/mol. The van der Waals surface area contributed by atoms with E-state index in [1.807, 2.05) is 42.5 Å². The van der Waals surface area contributed by atoms with Crippen molar-refractivity contribution in [2.24, 2.45) is 0 Å². The molecule has 0 fully saturated rings. The molecule has 0 radical (unpaired) electrons. The number of nitrogens with zero attached hydrogens (tertiary/aromatic N) is 3. The molecule has 1 aromatic heterocycles. The Morgan fingerprint density at radius 2 is 1.81 bits per heavy atom. The van der Waals surface area contributed by atoms with E-state index >= 15 is 0 Å². The van der Waals surface area contributed by atoms with Crippen LogP contribution in [0.4, 0.5) is 5.69 Å². The second-order valence-electron chi connectivity index (χ2n) is 6.92. The first-order valence-corrected chi connectivity index (χ1v) is 11.4. The predicted octanol–water partition coefficient (Wildman–Crippen LogP) is 5.80. The average molecular weight is 493 g/mol. The summed E-state index contributed by atoms with van der Waals surface area (Å²) in [6, 6.07) is 23.0. The molecule has 0 saturated heterocycles. The Labute approximate surface area is 191 Å². The van der Waals surface area contributed by atoms with Crippen LogP contribution in [0, 0.1) is 0 Å². The zero-order valence-electron chi connectivity index (χ0n) is 16.2. The molecule has 31 heavy (non-hydrogen) atoms. The molecule has 2 heterocycles. The number of anilines is 1. The van der Waals surface area contributed by atoms with E-state index < -0.39 is 6.23 Å². The van der Waals surface area contributed by atoms with Gasteiger partial charge in [0.15, 0.2) is 11.9 Å². The van der Waals surface area contributed by atoms with Crippen LogP contribution in [0.2, 0.25) is 0 Å². The fourth-order valence-electron chi connectivity index (χ4n) is 3.30. The Balaban J connectivity index is 1.53. The van der Waals surface area contributed by atoms with Gasteiger partial charge in [-0.05, 0) is 29.8 Å². The number of hydrogen-bond donors (Lipinski definition) is 2. The number of halogens is 1. The molecule has 1 aliphatic heterocycles. The van der Waals surface area contributed by atoms with Crippen molar-refractivity contribution in [1.29, 1.82) is 0 Å². The van der Waals surface area contributed by atoms with Gasteiger partial charge >= 0.3 is 0 Å². The molecular weight excluding hydrogens is 476 g/mol. The van der Waals surface area contributed by atoms with Crippen LogP contribution in [0.1, 0.15) is 17.4 Å². The highest BCUT2D eigenvalue weighted by atomic mass is 79.9. The van der Waals surface area contributed by atoms with E-state index in [1.54, 1.807) is 18.2 Å². The summed E-state index contributed by atoms with van der Waals surface area (Å²) < 4.78 is 7.08. The maximum Gasteiger partial charge on any atom is 0.247 e. The van der Waals surface area contributed by atoms with Gasteiger partial charge in [-0.1, -0.05) is 76.2 Å².